The summed E-state index contributed by atoms with van der Waals surface area (Å²) in [7, 11) is 1.58. The van der Waals surface area contributed by atoms with Gasteiger partial charge in [0.2, 0.25) is 5.91 Å². The number of halogens is 3. The summed E-state index contributed by atoms with van der Waals surface area (Å²) >= 11 is 1.34. The van der Waals surface area contributed by atoms with Gasteiger partial charge in [0, 0.05) is 11.4 Å². The van der Waals surface area contributed by atoms with Crippen LogP contribution in [0.15, 0.2) is 24.3 Å². The fourth-order valence-electron chi connectivity index (χ4n) is 3.51. The summed E-state index contributed by atoms with van der Waals surface area (Å²) < 4.78 is 39.6. The molecular formula is C20H22F3N3O2S. The number of carbonyl (C=O) groups is 2. The molecule has 0 aliphatic heterocycles. The molecule has 1 aromatic carbocycles. The molecule has 2 amide bonds. The first-order valence-electron chi connectivity index (χ1n) is 9.20. The Morgan fingerprint density at radius 2 is 1.97 bits per heavy atom. The van der Waals surface area contributed by atoms with E-state index >= 15 is 0 Å². The van der Waals surface area contributed by atoms with Crippen LogP contribution in [0.5, 0.6) is 0 Å². The van der Waals surface area contributed by atoms with E-state index in [-0.39, 0.29) is 12.1 Å². The lowest BCUT2D eigenvalue weighted by atomic mass is 10.1. The second-order valence-electron chi connectivity index (χ2n) is 7.16. The number of anilines is 1. The van der Waals surface area contributed by atoms with E-state index in [1.807, 2.05) is 0 Å². The largest absolute Gasteiger partial charge is 0.416 e. The maximum atomic E-state index is 13.2. The lowest BCUT2D eigenvalue weighted by Crippen LogP contribution is -2.39. The number of hydrogen-bond acceptors (Lipinski definition) is 4. The van der Waals surface area contributed by atoms with Crippen LogP contribution in [0.3, 0.4) is 0 Å². The molecule has 1 heterocycles. The molecule has 156 valence electrons. The van der Waals surface area contributed by atoms with Crippen molar-refractivity contribution in [2.24, 2.45) is 5.73 Å². The number of amides is 2. The first-order chi connectivity index (χ1) is 13.6. The summed E-state index contributed by atoms with van der Waals surface area (Å²) in [5, 5.41) is 3.17. The van der Waals surface area contributed by atoms with Crippen molar-refractivity contribution < 1.29 is 22.8 Å². The van der Waals surface area contributed by atoms with Crippen molar-refractivity contribution in [3.63, 3.8) is 0 Å². The van der Waals surface area contributed by atoms with Crippen LogP contribution in [0.2, 0.25) is 0 Å². The summed E-state index contributed by atoms with van der Waals surface area (Å²) in [4.78, 5) is 27.2. The van der Waals surface area contributed by atoms with Crippen LogP contribution in [0.1, 0.15) is 45.3 Å². The SMILES string of the molecule is CC(C(=O)Nc1sc2c(c1C(N)=O)CCC2)N(C)Cc1ccccc1C(F)(F)F. The van der Waals surface area contributed by atoms with Crippen LogP contribution in [0.25, 0.3) is 0 Å². The molecule has 1 aliphatic carbocycles. The molecule has 0 radical (unpaired) electrons. The van der Waals surface area contributed by atoms with Crippen LogP contribution in [0, 0.1) is 0 Å². The van der Waals surface area contributed by atoms with Crippen molar-refractivity contribution in [3.05, 3.63) is 51.4 Å². The predicted octanol–water partition coefficient (Wildman–Crippen LogP) is 3.81. The lowest BCUT2D eigenvalue weighted by Gasteiger charge is -2.25. The third-order valence-electron chi connectivity index (χ3n) is 5.19. The molecule has 0 saturated carbocycles. The number of thiophene rings is 1. The quantitative estimate of drug-likeness (QED) is 0.739. The molecule has 2 aromatic rings. The molecule has 1 aromatic heterocycles. The maximum absolute atomic E-state index is 13.2. The molecule has 1 unspecified atom stereocenters. The second-order valence-corrected chi connectivity index (χ2v) is 8.27. The Bertz CT molecular complexity index is 940. The van der Waals surface area contributed by atoms with Crippen molar-refractivity contribution in [3.8, 4) is 0 Å². The molecule has 29 heavy (non-hydrogen) atoms. The van der Waals surface area contributed by atoms with Gasteiger partial charge >= 0.3 is 6.18 Å². The number of alkyl halides is 3. The van der Waals surface area contributed by atoms with Crippen molar-refractivity contribution >= 4 is 28.2 Å². The topological polar surface area (TPSA) is 75.4 Å². The summed E-state index contributed by atoms with van der Waals surface area (Å²) in [5.74, 6) is -0.987. The van der Waals surface area contributed by atoms with Gasteiger partial charge in [0.25, 0.3) is 5.91 Å². The smallest absolute Gasteiger partial charge is 0.365 e. The van der Waals surface area contributed by atoms with Gasteiger partial charge in [-0.2, -0.15) is 13.2 Å². The zero-order chi connectivity index (χ0) is 21.3. The van der Waals surface area contributed by atoms with Crippen LogP contribution in [-0.4, -0.2) is 29.8 Å². The molecule has 9 heteroatoms. The van der Waals surface area contributed by atoms with Crippen molar-refractivity contribution in [2.75, 3.05) is 12.4 Å². The zero-order valence-corrected chi connectivity index (χ0v) is 16.9. The number of fused-ring (bicyclic) bond motifs is 1. The van der Waals surface area contributed by atoms with Gasteiger partial charge in [0.15, 0.2) is 0 Å². The molecule has 3 N–H and O–H groups in total. The highest BCUT2D eigenvalue weighted by Gasteiger charge is 2.34. The van der Waals surface area contributed by atoms with Gasteiger partial charge in [-0.1, -0.05) is 18.2 Å². The summed E-state index contributed by atoms with van der Waals surface area (Å²) in [6.45, 7) is 1.56. The number of benzene rings is 1. The van der Waals surface area contributed by atoms with E-state index in [1.54, 1.807) is 14.0 Å². The van der Waals surface area contributed by atoms with E-state index < -0.39 is 29.6 Å². The number of likely N-dealkylation sites (N-methyl/N-ethyl adjacent to an activating group) is 1. The van der Waals surface area contributed by atoms with Crippen molar-refractivity contribution in [1.29, 1.82) is 0 Å². The molecule has 5 nitrogen and oxygen atoms in total. The average molecular weight is 425 g/mol. The zero-order valence-electron chi connectivity index (χ0n) is 16.1. The number of aryl methyl sites for hydroxylation is 1. The number of nitrogens with zero attached hydrogens (tertiary/aromatic N) is 1. The highest BCUT2D eigenvalue weighted by Crippen LogP contribution is 2.39. The molecule has 0 saturated heterocycles. The standard InChI is InChI=1S/C20H22F3N3O2S/c1-11(26(2)10-12-6-3-4-8-14(12)20(21,22)23)18(28)25-19-16(17(24)27)13-7-5-9-15(13)29-19/h3-4,6,8,11H,5,7,9-10H2,1-2H3,(H2,24,27)(H,25,28). The summed E-state index contributed by atoms with van der Waals surface area (Å²) in [6.07, 6.45) is -1.91. The predicted molar refractivity (Wildman–Crippen MR) is 106 cm³/mol. The Morgan fingerprint density at radius 1 is 1.28 bits per heavy atom. The minimum absolute atomic E-state index is 0.0477. The minimum atomic E-state index is -4.46. The highest BCUT2D eigenvalue weighted by atomic mass is 32.1. The van der Waals surface area contributed by atoms with Crippen LogP contribution in [-0.2, 0) is 30.4 Å². The third kappa shape index (κ3) is 4.45. The van der Waals surface area contributed by atoms with Gasteiger partial charge in [-0.25, -0.2) is 0 Å². The Morgan fingerprint density at radius 3 is 2.62 bits per heavy atom. The maximum Gasteiger partial charge on any atom is 0.416 e. The Balaban J connectivity index is 1.74. The Hall–Kier alpha value is -2.39. The van der Waals surface area contributed by atoms with Gasteiger partial charge < -0.3 is 11.1 Å². The first kappa shape index (κ1) is 21.3. The number of nitrogens with one attached hydrogen (secondary N) is 1. The van der Waals surface area contributed by atoms with Gasteiger partial charge in [-0.3, -0.25) is 14.5 Å². The first-order valence-corrected chi connectivity index (χ1v) is 10.0. The monoisotopic (exact) mass is 425 g/mol. The molecule has 3 rings (SSSR count). The fourth-order valence-corrected chi connectivity index (χ4v) is 4.81. The third-order valence-corrected chi connectivity index (χ3v) is 6.39. The van der Waals surface area contributed by atoms with E-state index in [4.69, 9.17) is 5.73 Å². The van der Waals surface area contributed by atoms with Gasteiger partial charge in [0.05, 0.1) is 17.2 Å². The Kier molecular flexibility index (Phi) is 6.00. The van der Waals surface area contributed by atoms with Gasteiger partial charge in [-0.15, -0.1) is 11.3 Å². The van der Waals surface area contributed by atoms with E-state index in [2.05, 4.69) is 5.32 Å². The number of nitrogens with two attached hydrogens (primary N) is 1. The number of carbonyl (C=O) groups excluding carboxylic acids is 2. The van der Waals surface area contributed by atoms with Crippen molar-refractivity contribution in [1.82, 2.24) is 4.90 Å². The van der Waals surface area contributed by atoms with E-state index in [1.165, 1.54) is 34.4 Å². The Labute approximate surface area is 170 Å². The van der Waals surface area contributed by atoms with Gasteiger partial charge in [0.1, 0.15) is 5.00 Å². The molecule has 0 spiro atoms. The highest BCUT2D eigenvalue weighted by molar-refractivity contribution is 7.17. The number of hydrogen-bond donors (Lipinski definition) is 2. The van der Waals surface area contributed by atoms with Gasteiger partial charge in [-0.05, 0) is 50.4 Å². The molecule has 1 atom stereocenters. The summed E-state index contributed by atoms with van der Waals surface area (Å²) in [5.41, 5.74) is 6.13. The lowest BCUT2D eigenvalue weighted by molar-refractivity contribution is -0.138. The average Bonchev–Trinajstić information content (AvgIpc) is 3.20. The second kappa shape index (κ2) is 8.16. The minimum Gasteiger partial charge on any atom is -0.365 e. The molecule has 0 bridgehead atoms. The van der Waals surface area contributed by atoms with Crippen LogP contribution < -0.4 is 11.1 Å². The number of rotatable bonds is 6. The van der Waals surface area contributed by atoms with E-state index in [0.29, 0.717) is 10.6 Å². The molecule has 1 aliphatic rings. The normalized spacial score (nSPS) is 14.7. The number of primary amides is 1. The fraction of sp³-hybridized carbons (Fsp3) is 0.400. The molecular weight excluding hydrogens is 403 g/mol. The van der Waals surface area contributed by atoms with Crippen LogP contribution >= 0.6 is 11.3 Å². The van der Waals surface area contributed by atoms with Crippen molar-refractivity contribution in [2.45, 2.75) is 44.9 Å². The van der Waals surface area contributed by atoms with Crippen LogP contribution in [0.4, 0.5) is 18.2 Å². The van der Waals surface area contributed by atoms with E-state index in [0.717, 1.165) is 35.8 Å². The molecule has 0 fully saturated rings. The van der Waals surface area contributed by atoms with E-state index in [9.17, 15) is 22.8 Å². The summed E-state index contributed by atoms with van der Waals surface area (Å²) in [6, 6.07) is 4.59.